The molecule has 1 aromatic rings. The van der Waals surface area contributed by atoms with Gasteiger partial charge in [0.15, 0.2) is 0 Å². The predicted octanol–water partition coefficient (Wildman–Crippen LogP) is 1.63. The van der Waals surface area contributed by atoms with Crippen LogP contribution in [0.4, 0.5) is 0 Å². The zero-order chi connectivity index (χ0) is 14.0. The van der Waals surface area contributed by atoms with Crippen LogP contribution >= 0.6 is 0 Å². The quantitative estimate of drug-likeness (QED) is 0.888. The molecule has 0 aromatic heterocycles. The van der Waals surface area contributed by atoms with Crippen molar-refractivity contribution in [2.75, 3.05) is 33.4 Å². The van der Waals surface area contributed by atoms with Crippen molar-refractivity contribution in [2.24, 2.45) is 11.7 Å². The highest BCUT2D eigenvalue weighted by atomic mass is 16.5. The Morgan fingerprint density at radius 1 is 1.40 bits per heavy atom. The third-order valence-electron chi connectivity index (χ3n) is 4.67. The number of rotatable bonds is 5. The van der Waals surface area contributed by atoms with Gasteiger partial charge >= 0.3 is 0 Å². The van der Waals surface area contributed by atoms with Crippen LogP contribution in [0, 0.1) is 5.92 Å². The average Bonchev–Trinajstić information content (AvgIpc) is 3.30. The molecule has 2 aliphatic rings. The third kappa shape index (κ3) is 2.43. The molecule has 0 radical (unpaired) electrons. The minimum Gasteiger partial charge on any atom is -0.492 e. The maximum atomic E-state index is 6.17. The molecule has 1 aliphatic carbocycles. The van der Waals surface area contributed by atoms with E-state index in [1.54, 1.807) is 7.11 Å². The molecule has 4 heteroatoms. The van der Waals surface area contributed by atoms with E-state index < -0.39 is 0 Å². The Kier molecular flexibility index (Phi) is 3.96. The van der Waals surface area contributed by atoms with Gasteiger partial charge in [0.1, 0.15) is 12.4 Å². The number of hydrogen-bond acceptors (Lipinski definition) is 4. The molecule has 0 bridgehead atoms. The van der Waals surface area contributed by atoms with E-state index in [0.29, 0.717) is 19.1 Å². The predicted molar refractivity (Wildman–Crippen MR) is 78.7 cm³/mol. The standard InChI is InChI=1S/C16H24N2O2/c1-19-12-16(11-17,14-6-7-14)18-8-9-20-15-5-3-2-4-13(15)10-18/h2-5,14H,6-12,17H2,1H3. The van der Waals surface area contributed by atoms with Crippen molar-refractivity contribution in [3.8, 4) is 5.75 Å². The van der Waals surface area contributed by atoms with E-state index in [1.165, 1.54) is 18.4 Å². The van der Waals surface area contributed by atoms with E-state index in [1.807, 2.05) is 6.07 Å². The Labute approximate surface area is 120 Å². The first-order chi connectivity index (χ1) is 9.80. The topological polar surface area (TPSA) is 47.7 Å². The first-order valence-corrected chi connectivity index (χ1v) is 7.45. The second-order valence-corrected chi connectivity index (χ2v) is 5.89. The largest absolute Gasteiger partial charge is 0.492 e. The molecular formula is C16H24N2O2. The van der Waals surface area contributed by atoms with Gasteiger partial charge in [0.05, 0.1) is 12.1 Å². The monoisotopic (exact) mass is 276 g/mol. The van der Waals surface area contributed by atoms with Gasteiger partial charge in [0, 0.05) is 32.3 Å². The summed E-state index contributed by atoms with van der Waals surface area (Å²) in [7, 11) is 1.77. The Morgan fingerprint density at radius 2 is 2.20 bits per heavy atom. The van der Waals surface area contributed by atoms with Crippen LogP contribution in [0.2, 0.25) is 0 Å². The van der Waals surface area contributed by atoms with Gasteiger partial charge in [-0.3, -0.25) is 4.90 Å². The molecule has 1 aliphatic heterocycles. The van der Waals surface area contributed by atoms with Crippen molar-refractivity contribution in [1.29, 1.82) is 0 Å². The second-order valence-electron chi connectivity index (χ2n) is 5.89. The van der Waals surface area contributed by atoms with Crippen molar-refractivity contribution in [3.05, 3.63) is 29.8 Å². The normalized spacial score (nSPS) is 22.5. The number of hydrogen-bond donors (Lipinski definition) is 1. The highest BCUT2D eigenvalue weighted by Crippen LogP contribution is 2.44. The second kappa shape index (κ2) is 5.72. The van der Waals surface area contributed by atoms with Crippen molar-refractivity contribution >= 4 is 0 Å². The lowest BCUT2D eigenvalue weighted by Crippen LogP contribution is -2.58. The fourth-order valence-electron chi connectivity index (χ4n) is 3.40. The molecule has 1 atom stereocenters. The fourth-order valence-corrected chi connectivity index (χ4v) is 3.40. The summed E-state index contributed by atoms with van der Waals surface area (Å²) in [4.78, 5) is 2.49. The minimum absolute atomic E-state index is 0.0322. The zero-order valence-electron chi connectivity index (χ0n) is 12.2. The summed E-state index contributed by atoms with van der Waals surface area (Å²) in [6.45, 7) is 3.87. The highest BCUT2D eigenvalue weighted by Gasteiger charge is 2.48. The fraction of sp³-hybridized carbons (Fsp3) is 0.625. The van der Waals surface area contributed by atoms with Gasteiger partial charge < -0.3 is 15.2 Å². The summed E-state index contributed by atoms with van der Waals surface area (Å²) >= 11 is 0. The maximum Gasteiger partial charge on any atom is 0.123 e. The zero-order valence-corrected chi connectivity index (χ0v) is 12.2. The first-order valence-electron chi connectivity index (χ1n) is 7.45. The Bertz CT molecular complexity index is 462. The summed E-state index contributed by atoms with van der Waals surface area (Å²) in [6.07, 6.45) is 2.53. The summed E-state index contributed by atoms with van der Waals surface area (Å²) < 4.78 is 11.4. The number of nitrogens with two attached hydrogens (primary N) is 1. The average molecular weight is 276 g/mol. The number of nitrogens with zero attached hydrogens (tertiary/aromatic N) is 1. The van der Waals surface area contributed by atoms with Crippen LogP contribution in [-0.2, 0) is 11.3 Å². The summed E-state index contributed by atoms with van der Waals surface area (Å²) in [6, 6.07) is 8.30. The number of ether oxygens (including phenoxy) is 2. The molecule has 110 valence electrons. The molecule has 1 fully saturated rings. The molecule has 2 N–H and O–H groups in total. The van der Waals surface area contributed by atoms with Crippen LogP contribution < -0.4 is 10.5 Å². The molecule has 0 saturated heterocycles. The SMILES string of the molecule is COCC(CN)(C1CC1)N1CCOc2ccccc2C1. The van der Waals surface area contributed by atoms with Crippen LogP contribution in [0.25, 0.3) is 0 Å². The minimum atomic E-state index is -0.0322. The van der Waals surface area contributed by atoms with Gasteiger partial charge in [-0.25, -0.2) is 0 Å². The molecule has 1 saturated carbocycles. The van der Waals surface area contributed by atoms with Gasteiger partial charge in [-0.1, -0.05) is 18.2 Å². The summed E-state index contributed by atoms with van der Waals surface area (Å²) in [5.41, 5.74) is 7.39. The van der Waals surface area contributed by atoms with Crippen molar-refractivity contribution in [3.63, 3.8) is 0 Å². The third-order valence-corrected chi connectivity index (χ3v) is 4.67. The van der Waals surface area contributed by atoms with E-state index in [0.717, 1.165) is 25.4 Å². The number of fused-ring (bicyclic) bond motifs is 1. The van der Waals surface area contributed by atoms with Crippen LogP contribution in [-0.4, -0.2) is 43.9 Å². The van der Waals surface area contributed by atoms with Gasteiger partial charge in [0.25, 0.3) is 0 Å². The van der Waals surface area contributed by atoms with E-state index >= 15 is 0 Å². The lowest BCUT2D eigenvalue weighted by atomic mass is 9.91. The molecule has 3 rings (SSSR count). The first kappa shape index (κ1) is 13.9. The molecule has 0 amide bonds. The Hall–Kier alpha value is -1.10. The highest BCUT2D eigenvalue weighted by molar-refractivity contribution is 5.34. The number of methoxy groups -OCH3 is 1. The van der Waals surface area contributed by atoms with Crippen LogP contribution in [0.5, 0.6) is 5.75 Å². The smallest absolute Gasteiger partial charge is 0.123 e. The van der Waals surface area contributed by atoms with Crippen molar-refractivity contribution in [1.82, 2.24) is 4.90 Å². The lowest BCUT2D eigenvalue weighted by Gasteiger charge is -2.42. The molecular weight excluding hydrogens is 252 g/mol. The van der Waals surface area contributed by atoms with Gasteiger partial charge in [-0.15, -0.1) is 0 Å². The van der Waals surface area contributed by atoms with E-state index in [4.69, 9.17) is 15.2 Å². The van der Waals surface area contributed by atoms with Crippen molar-refractivity contribution in [2.45, 2.75) is 24.9 Å². The van der Waals surface area contributed by atoms with E-state index in [2.05, 4.69) is 23.1 Å². The van der Waals surface area contributed by atoms with Gasteiger partial charge in [0.2, 0.25) is 0 Å². The van der Waals surface area contributed by atoms with Gasteiger partial charge in [-0.2, -0.15) is 0 Å². The molecule has 20 heavy (non-hydrogen) atoms. The molecule has 0 spiro atoms. The van der Waals surface area contributed by atoms with Crippen molar-refractivity contribution < 1.29 is 9.47 Å². The number of benzene rings is 1. The van der Waals surface area contributed by atoms with Crippen LogP contribution in [0.15, 0.2) is 24.3 Å². The molecule has 4 nitrogen and oxygen atoms in total. The van der Waals surface area contributed by atoms with Crippen LogP contribution in [0.3, 0.4) is 0 Å². The summed E-state index contributed by atoms with van der Waals surface area (Å²) in [5.74, 6) is 1.67. The lowest BCUT2D eigenvalue weighted by molar-refractivity contribution is -0.00814. The van der Waals surface area contributed by atoms with Gasteiger partial charge in [-0.05, 0) is 24.8 Å². The molecule has 1 aromatic carbocycles. The molecule has 1 heterocycles. The maximum absolute atomic E-state index is 6.17. The summed E-state index contributed by atoms with van der Waals surface area (Å²) in [5, 5.41) is 0. The number of para-hydroxylation sites is 1. The Morgan fingerprint density at radius 3 is 2.90 bits per heavy atom. The van der Waals surface area contributed by atoms with E-state index in [9.17, 15) is 0 Å². The van der Waals surface area contributed by atoms with Crippen LogP contribution in [0.1, 0.15) is 18.4 Å². The Balaban J connectivity index is 1.88. The van der Waals surface area contributed by atoms with E-state index in [-0.39, 0.29) is 5.54 Å². The molecule has 1 unspecified atom stereocenters.